The topological polar surface area (TPSA) is 61.6 Å². The zero-order chi connectivity index (χ0) is 17.5. The van der Waals surface area contributed by atoms with E-state index in [1.165, 1.54) is 0 Å². The number of carbonyl (C=O) groups excluding carboxylic acids is 1. The minimum absolute atomic E-state index is 0.0796. The minimum atomic E-state index is 0.0796. The number of amides is 1. The Bertz CT molecular complexity index is 637. The Morgan fingerprint density at radius 1 is 1.24 bits per heavy atom. The summed E-state index contributed by atoms with van der Waals surface area (Å²) < 4.78 is 5.26. The Balaban J connectivity index is 1.36. The molecule has 1 saturated heterocycles. The maximum atomic E-state index is 12.0. The molecule has 1 unspecified atom stereocenters. The molecule has 0 spiro atoms. The molecule has 1 aliphatic rings. The summed E-state index contributed by atoms with van der Waals surface area (Å²) in [5, 5.41) is 3.08. The van der Waals surface area contributed by atoms with Gasteiger partial charge in [0.1, 0.15) is 11.6 Å². The van der Waals surface area contributed by atoms with Crippen LogP contribution in [-0.2, 0) is 11.2 Å². The Morgan fingerprint density at radius 2 is 2.08 bits per heavy atom. The first-order valence-electron chi connectivity index (χ1n) is 8.91. The van der Waals surface area contributed by atoms with Crippen molar-refractivity contribution in [1.82, 2.24) is 15.2 Å². The van der Waals surface area contributed by atoms with Gasteiger partial charge in [-0.2, -0.15) is 0 Å². The van der Waals surface area contributed by atoms with Gasteiger partial charge in [-0.15, -0.1) is 0 Å². The average molecular weight is 342 g/mol. The molecule has 134 valence electrons. The fourth-order valence-corrected chi connectivity index (χ4v) is 3.17. The summed E-state index contributed by atoms with van der Waals surface area (Å²) >= 11 is 0. The molecule has 1 N–H and O–H groups in total. The highest BCUT2D eigenvalue weighted by Gasteiger charge is 2.20. The van der Waals surface area contributed by atoms with E-state index in [9.17, 15) is 4.79 Å². The summed E-state index contributed by atoms with van der Waals surface area (Å²) in [6, 6.07) is 9.91. The van der Waals surface area contributed by atoms with Crippen LogP contribution in [0.1, 0.15) is 19.1 Å². The number of furan rings is 1. The summed E-state index contributed by atoms with van der Waals surface area (Å²) in [5.41, 5.74) is 0. The zero-order valence-corrected chi connectivity index (χ0v) is 14.7. The van der Waals surface area contributed by atoms with Crippen LogP contribution in [0.25, 0.3) is 0 Å². The van der Waals surface area contributed by atoms with Crippen LogP contribution in [0, 0.1) is 0 Å². The highest BCUT2D eigenvalue weighted by Crippen LogP contribution is 2.12. The van der Waals surface area contributed by atoms with E-state index >= 15 is 0 Å². The van der Waals surface area contributed by atoms with Crippen LogP contribution in [0.15, 0.2) is 47.2 Å². The second-order valence-electron chi connectivity index (χ2n) is 6.52. The maximum absolute atomic E-state index is 12.0. The van der Waals surface area contributed by atoms with Crippen molar-refractivity contribution in [2.45, 2.75) is 25.8 Å². The lowest BCUT2D eigenvalue weighted by Crippen LogP contribution is -2.51. The maximum Gasteiger partial charge on any atom is 0.220 e. The first kappa shape index (κ1) is 17.5. The summed E-state index contributed by atoms with van der Waals surface area (Å²) in [5.74, 6) is 1.98. The fourth-order valence-electron chi connectivity index (χ4n) is 3.17. The molecule has 3 rings (SSSR count). The Kier molecular flexibility index (Phi) is 6.06. The van der Waals surface area contributed by atoms with Crippen LogP contribution in [-0.4, -0.2) is 54.6 Å². The van der Waals surface area contributed by atoms with E-state index in [2.05, 4.69) is 33.1 Å². The molecule has 0 bridgehead atoms. The second-order valence-corrected chi connectivity index (χ2v) is 6.52. The van der Waals surface area contributed by atoms with Crippen molar-refractivity contribution in [1.29, 1.82) is 0 Å². The molecule has 1 aliphatic heterocycles. The molecule has 1 atom stereocenters. The van der Waals surface area contributed by atoms with Crippen molar-refractivity contribution in [2.24, 2.45) is 0 Å². The summed E-state index contributed by atoms with van der Waals surface area (Å²) in [6.45, 7) is 6.86. The molecule has 0 saturated carbocycles. The normalized spacial score (nSPS) is 16.6. The summed E-state index contributed by atoms with van der Waals surface area (Å²) in [6.07, 6.45) is 4.59. The van der Waals surface area contributed by atoms with Gasteiger partial charge in [-0.05, 0) is 31.2 Å². The molecule has 6 nitrogen and oxygen atoms in total. The molecule has 0 radical (unpaired) electrons. The van der Waals surface area contributed by atoms with Gasteiger partial charge in [0.15, 0.2) is 0 Å². The van der Waals surface area contributed by atoms with Crippen molar-refractivity contribution >= 4 is 11.7 Å². The Labute approximate surface area is 148 Å². The lowest BCUT2D eigenvalue weighted by Gasteiger charge is -2.36. The van der Waals surface area contributed by atoms with E-state index in [0.29, 0.717) is 12.8 Å². The quantitative estimate of drug-likeness (QED) is 0.833. The SMILES string of the molecule is CC(CN1CCN(c2ccccn2)CC1)NC(=O)CCc1ccco1. The number of nitrogens with one attached hydrogen (secondary N) is 1. The summed E-state index contributed by atoms with van der Waals surface area (Å²) in [7, 11) is 0. The van der Waals surface area contributed by atoms with Crippen molar-refractivity contribution in [2.75, 3.05) is 37.6 Å². The molecule has 2 aromatic heterocycles. The van der Waals surface area contributed by atoms with E-state index < -0.39 is 0 Å². The lowest BCUT2D eigenvalue weighted by molar-refractivity contribution is -0.121. The first-order valence-corrected chi connectivity index (χ1v) is 8.91. The van der Waals surface area contributed by atoms with Gasteiger partial charge in [0, 0.05) is 57.8 Å². The molecular formula is C19H26N4O2. The third-order valence-electron chi connectivity index (χ3n) is 4.46. The standard InChI is InChI=1S/C19H26N4O2/c1-16(21-19(24)8-7-17-5-4-14-25-17)15-22-10-12-23(13-11-22)18-6-2-3-9-20-18/h2-6,9,14,16H,7-8,10-13,15H2,1H3,(H,21,24). The predicted octanol–water partition coefficient (Wildman–Crippen LogP) is 1.93. The number of anilines is 1. The fraction of sp³-hybridized carbons (Fsp3) is 0.474. The van der Waals surface area contributed by atoms with E-state index in [-0.39, 0.29) is 11.9 Å². The first-order chi connectivity index (χ1) is 12.2. The van der Waals surface area contributed by atoms with E-state index in [1.54, 1.807) is 6.26 Å². The van der Waals surface area contributed by atoms with E-state index in [4.69, 9.17) is 4.42 Å². The van der Waals surface area contributed by atoms with Gasteiger partial charge in [-0.3, -0.25) is 9.69 Å². The van der Waals surface area contributed by atoms with Crippen LogP contribution in [0.5, 0.6) is 0 Å². The molecular weight excluding hydrogens is 316 g/mol. The number of hydrogen-bond donors (Lipinski definition) is 1. The number of piperazine rings is 1. The molecule has 2 aromatic rings. The van der Waals surface area contributed by atoms with Crippen LogP contribution < -0.4 is 10.2 Å². The van der Waals surface area contributed by atoms with Crippen molar-refractivity contribution in [3.63, 3.8) is 0 Å². The number of aromatic nitrogens is 1. The Hall–Kier alpha value is -2.34. The van der Waals surface area contributed by atoms with Gasteiger partial charge in [0.25, 0.3) is 0 Å². The van der Waals surface area contributed by atoms with Gasteiger partial charge >= 0.3 is 0 Å². The minimum Gasteiger partial charge on any atom is -0.469 e. The molecule has 0 aromatic carbocycles. The van der Waals surface area contributed by atoms with Gasteiger partial charge in [0.05, 0.1) is 6.26 Å². The van der Waals surface area contributed by atoms with E-state index in [0.717, 1.165) is 44.3 Å². The number of rotatable bonds is 7. The number of hydrogen-bond acceptors (Lipinski definition) is 5. The van der Waals surface area contributed by atoms with Crippen molar-refractivity contribution in [3.05, 3.63) is 48.6 Å². The average Bonchev–Trinajstić information content (AvgIpc) is 3.15. The monoisotopic (exact) mass is 342 g/mol. The number of pyridine rings is 1. The molecule has 6 heteroatoms. The van der Waals surface area contributed by atoms with Crippen LogP contribution in [0.4, 0.5) is 5.82 Å². The lowest BCUT2D eigenvalue weighted by atomic mass is 10.2. The molecule has 25 heavy (non-hydrogen) atoms. The number of carbonyl (C=O) groups is 1. The number of aryl methyl sites for hydroxylation is 1. The third-order valence-corrected chi connectivity index (χ3v) is 4.46. The van der Waals surface area contributed by atoms with E-state index in [1.807, 2.05) is 30.5 Å². The van der Waals surface area contributed by atoms with Gasteiger partial charge in [-0.25, -0.2) is 4.98 Å². The highest BCUT2D eigenvalue weighted by atomic mass is 16.3. The molecule has 0 aliphatic carbocycles. The van der Waals surface area contributed by atoms with Crippen LogP contribution in [0.3, 0.4) is 0 Å². The largest absolute Gasteiger partial charge is 0.469 e. The van der Waals surface area contributed by atoms with Gasteiger partial charge in [0.2, 0.25) is 5.91 Å². The summed E-state index contributed by atoms with van der Waals surface area (Å²) in [4.78, 5) is 21.2. The molecule has 3 heterocycles. The van der Waals surface area contributed by atoms with Crippen LogP contribution >= 0.6 is 0 Å². The smallest absolute Gasteiger partial charge is 0.220 e. The van der Waals surface area contributed by atoms with Crippen molar-refractivity contribution in [3.8, 4) is 0 Å². The van der Waals surface area contributed by atoms with Crippen molar-refractivity contribution < 1.29 is 9.21 Å². The van der Waals surface area contributed by atoms with Gasteiger partial charge < -0.3 is 14.6 Å². The Morgan fingerprint density at radius 3 is 2.76 bits per heavy atom. The highest BCUT2D eigenvalue weighted by molar-refractivity contribution is 5.76. The van der Waals surface area contributed by atoms with Crippen LogP contribution in [0.2, 0.25) is 0 Å². The van der Waals surface area contributed by atoms with Gasteiger partial charge in [-0.1, -0.05) is 6.07 Å². The molecule has 1 fully saturated rings. The second kappa shape index (κ2) is 8.67. The molecule has 1 amide bonds. The predicted molar refractivity (Wildman–Crippen MR) is 97.5 cm³/mol. The zero-order valence-electron chi connectivity index (χ0n) is 14.7. The number of nitrogens with zero attached hydrogens (tertiary/aromatic N) is 3. The third kappa shape index (κ3) is 5.32.